The second-order valence-corrected chi connectivity index (χ2v) is 5.64. The number of carbonyl (C=O) groups excluding carboxylic acids is 1. The van der Waals surface area contributed by atoms with E-state index >= 15 is 0 Å². The summed E-state index contributed by atoms with van der Waals surface area (Å²) in [6.45, 7) is 6.62. The molecule has 2 unspecified atom stereocenters. The number of hydrogen-bond acceptors (Lipinski definition) is 4. The maximum absolute atomic E-state index is 11.7. The van der Waals surface area contributed by atoms with Gasteiger partial charge in [-0.25, -0.2) is 0 Å². The summed E-state index contributed by atoms with van der Waals surface area (Å²) in [5.74, 6) is 0.348. The lowest BCUT2D eigenvalue weighted by molar-refractivity contribution is -0.150. The Hall–Kier alpha value is -0.610. The molecule has 1 aliphatic carbocycles. The van der Waals surface area contributed by atoms with Crippen LogP contribution in [0.4, 0.5) is 0 Å². The third kappa shape index (κ3) is 4.94. The van der Waals surface area contributed by atoms with Gasteiger partial charge in [0, 0.05) is 13.0 Å². The molecule has 1 aliphatic rings. The molecule has 0 aromatic heterocycles. The van der Waals surface area contributed by atoms with Crippen LogP contribution >= 0.6 is 0 Å². The van der Waals surface area contributed by atoms with Crippen LogP contribution in [0, 0.1) is 5.92 Å². The van der Waals surface area contributed by atoms with Gasteiger partial charge < -0.3 is 15.2 Å². The highest BCUT2D eigenvalue weighted by molar-refractivity contribution is 5.80. The number of nitrogens with two attached hydrogens (primary N) is 1. The predicted octanol–water partition coefficient (Wildman–Crippen LogP) is 2.25. The molecule has 0 aromatic carbocycles. The minimum absolute atomic E-state index is 0.00925. The average Bonchev–Trinajstić information content (AvgIpc) is 2.79. The summed E-state index contributed by atoms with van der Waals surface area (Å²) in [7, 11) is 0. The first-order valence-electron chi connectivity index (χ1n) is 7.03. The first-order chi connectivity index (χ1) is 8.45. The topological polar surface area (TPSA) is 61.5 Å². The third-order valence-corrected chi connectivity index (χ3v) is 3.54. The Balaban J connectivity index is 2.28. The lowest BCUT2D eigenvalue weighted by Gasteiger charge is -2.26. The van der Waals surface area contributed by atoms with Gasteiger partial charge >= 0.3 is 5.97 Å². The van der Waals surface area contributed by atoms with Crippen molar-refractivity contribution in [3.63, 3.8) is 0 Å². The molecule has 0 aliphatic heterocycles. The average molecular weight is 257 g/mol. The fourth-order valence-corrected chi connectivity index (χ4v) is 2.51. The zero-order valence-electron chi connectivity index (χ0n) is 11.9. The molecule has 0 amide bonds. The van der Waals surface area contributed by atoms with Crippen LogP contribution in [-0.4, -0.2) is 30.8 Å². The van der Waals surface area contributed by atoms with E-state index in [4.69, 9.17) is 15.2 Å². The molecule has 2 atom stereocenters. The zero-order chi connectivity index (χ0) is 13.6. The highest BCUT2D eigenvalue weighted by Crippen LogP contribution is 2.25. The van der Waals surface area contributed by atoms with E-state index in [1.807, 2.05) is 6.92 Å². The highest BCUT2D eigenvalue weighted by atomic mass is 16.5. The van der Waals surface area contributed by atoms with E-state index in [9.17, 15) is 4.79 Å². The van der Waals surface area contributed by atoms with Crippen molar-refractivity contribution in [2.75, 3.05) is 13.2 Å². The summed E-state index contributed by atoms with van der Waals surface area (Å²) in [5.41, 5.74) is 5.02. The Bertz CT molecular complexity index is 260. The Morgan fingerprint density at radius 2 is 2.06 bits per heavy atom. The number of ether oxygens (including phenoxy) is 2. The van der Waals surface area contributed by atoms with Crippen molar-refractivity contribution in [3.8, 4) is 0 Å². The SMILES string of the molecule is CCOC(=O)C(C)(N)CC(C)OCC1CCCC1. The van der Waals surface area contributed by atoms with Gasteiger partial charge in [-0.05, 0) is 39.5 Å². The fourth-order valence-electron chi connectivity index (χ4n) is 2.51. The summed E-state index contributed by atoms with van der Waals surface area (Å²) >= 11 is 0. The molecular formula is C14H27NO3. The molecule has 2 N–H and O–H groups in total. The van der Waals surface area contributed by atoms with E-state index in [1.54, 1.807) is 13.8 Å². The zero-order valence-corrected chi connectivity index (χ0v) is 11.9. The summed E-state index contributed by atoms with van der Waals surface area (Å²) in [5, 5.41) is 0. The molecule has 4 heteroatoms. The second kappa shape index (κ2) is 7.10. The minimum atomic E-state index is -0.953. The largest absolute Gasteiger partial charge is 0.465 e. The Morgan fingerprint density at radius 1 is 1.44 bits per heavy atom. The van der Waals surface area contributed by atoms with E-state index in [0.717, 1.165) is 6.61 Å². The van der Waals surface area contributed by atoms with Gasteiger partial charge in [-0.3, -0.25) is 4.79 Å². The van der Waals surface area contributed by atoms with Crippen molar-refractivity contribution in [2.45, 2.75) is 64.5 Å². The number of hydrogen-bond donors (Lipinski definition) is 1. The molecule has 1 rings (SSSR count). The van der Waals surface area contributed by atoms with Crippen molar-refractivity contribution in [1.29, 1.82) is 0 Å². The molecule has 0 saturated heterocycles. The van der Waals surface area contributed by atoms with Gasteiger partial charge in [-0.1, -0.05) is 12.8 Å². The van der Waals surface area contributed by atoms with Crippen molar-refractivity contribution in [2.24, 2.45) is 11.7 Å². The molecule has 0 aromatic rings. The molecule has 0 radical (unpaired) electrons. The third-order valence-electron chi connectivity index (χ3n) is 3.54. The van der Waals surface area contributed by atoms with Crippen LogP contribution in [0.2, 0.25) is 0 Å². The van der Waals surface area contributed by atoms with Crippen LogP contribution < -0.4 is 5.73 Å². The van der Waals surface area contributed by atoms with Gasteiger partial charge in [-0.15, -0.1) is 0 Å². The van der Waals surface area contributed by atoms with Gasteiger partial charge in [-0.2, -0.15) is 0 Å². The van der Waals surface area contributed by atoms with Crippen LogP contribution in [0.15, 0.2) is 0 Å². The van der Waals surface area contributed by atoms with Gasteiger partial charge in [0.05, 0.1) is 12.7 Å². The van der Waals surface area contributed by atoms with Crippen molar-refractivity contribution < 1.29 is 14.3 Å². The monoisotopic (exact) mass is 257 g/mol. The lowest BCUT2D eigenvalue weighted by Crippen LogP contribution is -2.48. The molecule has 0 bridgehead atoms. The Morgan fingerprint density at radius 3 is 2.61 bits per heavy atom. The number of esters is 1. The van der Waals surface area contributed by atoms with Crippen molar-refractivity contribution in [3.05, 3.63) is 0 Å². The lowest BCUT2D eigenvalue weighted by atomic mass is 9.96. The fraction of sp³-hybridized carbons (Fsp3) is 0.929. The maximum Gasteiger partial charge on any atom is 0.325 e. The highest BCUT2D eigenvalue weighted by Gasteiger charge is 2.32. The van der Waals surface area contributed by atoms with E-state index in [2.05, 4.69) is 0 Å². The van der Waals surface area contributed by atoms with E-state index in [-0.39, 0.29) is 12.1 Å². The van der Waals surface area contributed by atoms with Crippen LogP contribution in [-0.2, 0) is 14.3 Å². The second-order valence-electron chi connectivity index (χ2n) is 5.64. The Kier molecular flexibility index (Phi) is 6.09. The predicted molar refractivity (Wildman–Crippen MR) is 71.2 cm³/mol. The van der Waals surface area contributed by atoms with Crippen LogP contribution in [0.3, 0.4) is 0 Å². The summed E-state index contributed by atoms with van der Waals surface area (Å²) < 4.78 is 10.8. The molecule has 1 saturated carbocycles. The van der Waals surface area contributed by atoms with Crippen molar-refractivity contribution in [1.82, 2.24) is 0 Å². The maximum atomic E-state index is 11.7. The molecule has 4 nitrogen and oxygen atoms in total. The number of rotatable bonds is 7. The summed E-state index contributed by atoms with van der Waals surface area (Å²) in [4.78, 5) is 11.7. The summed E-state index contributed by atoms with van der Waals surface area (Å²) in [6.07, 6.45) is 5.66. The molecule has 106 valence electrons. The Labute approximate surface area is 110 Å². The van der Waals surface area contributed by atoms with Gasteiger partial charge in [0.25, 0.3) is 0 Å². The van der Waals surface area contributed by atoms with E-state index in [0.29, 0.717) is 18.9 Å². The first-order valence-corrected chi connectivity index (χ1v) is 7.03. The first kappa shape index (κ1) is 15.4. The van der Waals surface area contributed by atoms with Crippen LogP contribution in [0.5, 0.6) is 0 Å². The molecule has 0 heterocycles. The van der Waals surface area contributed by atoms with E-state index in [1.165, 1.54) is 25.7 Å². The van der Waals surface area contributed by atoms with Crippen molar-refractivity contribution >= 4 is 5.97 Å². The van der Waals surface area contributed by atoms with Gasteiger partial charge in [0.15, 0.2) is 0 Å². The molecule has 18 heavy (non-hydrogen) atoms. The van der Waals surface area contributed by atoms with Gasteiger partial charge in [0.2, 0.25) is 0 Å². The summed E-state index contributed by atoms with van der Waals surface area (Å²) in [6, 6.07) is 0. The molecule has 1 fully saturated rings. The van der Waals surface area contributed by atoms with E-state index < -0.39 is 5.54 Å². The minimum Gasteiger partial charge on any atom is -0.465 e. The van der Waals surface area contributed by atoms with Crippen LogP contribution in [0.25, 0.3) is 0 Å². The molecular weight excluding hydrogens is 230 g/mol. The molecule has 0 spiro atoms. The normalized spacial score (nSPS) is 21.6. The quantitative estimate of drug-likeness (QED) is 0.711. The number of carbonyl (C=O) groups is 1. The van der Waals surface area contributed by atoms with Gasteiger partial charge in [0.1, 0.15) is 5.54 Å². The van der Waals surface area contributed by atoms with Crippen LogP contribution in [0.1, 0.15) is 52.9 Å². The smallest absolute Gasteiger partial charge is 0.325 e. The standard InChI is InChI=1S/C14H27NO3/c1-4-17-13(16)14(3,15)9-11(2)18-10-12-7-5-6-8-12/h11-12H,4-10,15H2,1-3H3.